The molecular formula is C15H25N5O2. The summed E-state index contributed by atoms with van der Waals surface area (Å²) in [6.07, 6.45) is 5.31. The number of hydrogen-bond donors (Lipinski definition) is 2. The first-order valence-corrected chi connectivity index (χ1v) is 8.03. The third kappa shape index (κ3) is 3.23. The smallest absolute Gasteiger partial charge is 0.329 e. The van der Waals surface area contributed by atoms with Crippen LogP contribution in [0.15, 0.2) is 9.59 Å². The number of hydrogen-bond acceptors (Lipinski definition) is 4. The number of nitrogens with one attached hydrogen (secondary N) is 2. The van der Waals surface area contributed by atoms with E-state index in [9.17, 15) is 9.59 Å². The lowest BCUT2D eigenvalue weighted by Crippen LogP contribution is -2.29. The van der Waals surface area contributed by atoms with Crippen molar-refractivity contribution in [2.24, 2.45) is 7.05 Å². The monoisotopic (exact) mass is 307 g/mol. The highest BCUT2D eigenvalue weighted by molar-refractivity contribution is 5.74. The van der Waals surface area contributed by atoms with E-state index in [0.717, 1.165) is 45.2 Å². The fraction of sp³-hybridized carbons (Fsp3) is 0.667. The van der Waals surface area contributed by atoms with E-state index in [1.54, 1.807) is 7.05 Å². The fourth-order valence-electron chi connectivity index (χ4n) is 2.48. The molecule has 0 fully saturated rings. The van der Waals surface area contributed by atoms with E-state index in [1.165, 1.54) is 4.57 Å². The zero-order valence-corrected chi connectivity index (χ0v) is 13.6. The lowest BCUT2D eigenvalue weighted by molar-refractivity contribution is 0.614. The molecule has 0 bridgehead atoms. The van der Waals surface area contributed by atoms with Crippen LogP contribution in [0.3, 0.4) is 0 Å². The van der Waals surface area contributed by atoms with Crippen molar-refractivity contribution >= 4 is 17.1 Å². The van der Waals surface area contributed by atoms with Crippen LogP contribution >= 0.6 is 0 Å². The zero-order chi connectivity index (χ0) is 16.1. The van der Waals surface area contributed by atoms with Crippen molar-refractivity contribution in [3.63, 3.8) is 0 Å². The van der Waals surface area contributed by atoms with Crippen LogP contribution in [-0.4, -0.2) is 25.6 Å². The maximum absolute atomic E-state index is 12.2. The fourth-order valence-corrected chi connectivity index (χ4v) is 2.48. The second-order valence-corrected chi connectivity index (χ2v) is 5.56. The first kappa shape index (κ1) is 16.3. The molecule has 0 aliphatic carbocycles. The Bertz CT molecular complexity index is 741. The van der Waals surface area contributed by atoms with Gasteiger partial charge in [-0.1, -0.05) is 33.1 Å². The normalized spacial score (nSPS) is 11.2. The van der Waals surface area contributed by atoms with Crippen LogP contribution in [0.2, 0.25) is 0 Å². The van der Waals surface area contributed by atoms with Crippen LogP contribution in [0.25, 0.3) is 11.2 Å². The number of aromatic amines is 1. The third-order valence-corrected chi connectivity index (χ3v) is 3.81. The maximum Gasteiger partial charge on any atom is 0.329 e. The van der Waals surface area contributed by atoms with Crippen molar-refractivity contribution in [1.82, 2.24) is 19.1 Å². The lowest BCUT2D eigenvalue weighted by atomic mass is 10.2. The van der Waals surface area contributed by atoms with Crippen LogP contribution < -0.4 is 16.6 Å². The van der Waals surface area contributed by atoms with E-state index < -0.39 is 5.69 Å². The van der Waals surface area contributed by atoms with Crippen LogP contribution in [0.1, 0.15) is 46.0 Å². The average Bonchev–Trinajstić information content (AvgIpc) is 2.85. The van der Waals surface area contributed by atoms with Gasteiger partial charge < -0.3 is 9.88 Å². The van der Waals surface area contributed by atoms with Crippen molar-refractivity contribution in [1.29, 1.82) is 0 Å². The summed E-state index contributed by atoms with van der Waals surface area (Å²) in [5.74, 6) is 0.672. The first-order chi connectivity index (χ1) is 10.6. The molecule has 22 heavy (non-hydrogen) atoms. The summed E-state index contributed by atoms with van der Waals surface area (Å²) < 4.78 is 3.29. The molecule has 0 atom stereocenters. The number of anilines is 1. The summed E-state index contributed by atoms with van der Waals surface area (Å²) in [6, 6.07) is 0. The SMILES string of the molecule is CCCCCn1c(NCCCC)nc2c1c(=O)[nH]c(=O)n2C. The van der Waals surface area contributed by atoms with Gasteiger partial charge in [0.25, 0.3) is 5.56 Å². The molecule has 0 amide bonds. The topological polar surface area (TPSA) is 84.7 Å². The Morgan fingerprint density at radius 1 is 1.14 bits per heavy atom. The molecule has 2 N–H and O–H groups in total. The molecule has 122 valence electrons. The quantitative estimate of drug-likeness (QED) is 0.729. The molecule has 0 aliphatic heterocycles. The Labute approximate surface area is 129 Å². The van der Waals surface area contributed by atoms with Gasteiger partial charge in [-0.15, -0.1) is 0 Å². The minimum atomic E-state index is -0.434. The minimum absolute atomic E-state index is 0.370. The molecular weight excluding hydrogens is 282 g/mol. The third-order valence-electron chi connectivity index (χ3n) is 3.81. The largest absolute Gasteiger partial charge is 0.356 e. The Morgan fingerprint density at radius 3 is 2.55 bits per heavy atom. The summed E-state index contributed by atoms with van der Waals surface area (Å²) in [7, 11) is 1.62. The van der Waals surface area contributed by atoms with Crippen molar-refractivity contribution in [3.05, 3.63) is 20.8 Å². The number of nitrogens with zero attached hydrogens (tertiary/aromatic N) is 3. The number of aromatic nitrogens is 4. The standard InChI is InChI=1S/C15H25N5O2/c1-4-6-8-10-20-11-12(17-14(20)16-9-7-5-2)19(3)15(22)18-13(11)21/h4-10H2,1-3H3,(H,16,17)(H,18,21,22). The molecule has 7 nitrogen and oxygen atoms in total. The summed E-state index contributed by atoms with van der Waals surface area (Å²) in [6.45, 7) is 5.79. The predicted octanol–water partition coefficient (Wildman–Crippen LogP) is 1.83. The van der Waals surface area contributed by atoms with Crippen LogP contribution in [-0.2, 0) is 13.6 Å². The van der Waals surface area contributed by atoms with Gasteiger partial charge in [-0.25, -0.2) is 4.79 Å². The number of rotatable bonds is 8. The maximum atomic E-state index is 12.2. The van der Waals surface area contributed by atoms with Crippen LogP contribution in [0.5, 0.6) is 0 Å². The van der Waals surface area contributed by atoms with Gasteiger partial charge in [0.15, 0.2) is 11.2 Å². The molecule has 2 aromatic rings. The van der Waals surface area contributed by atoms with Gasteiger partial charge in [-0.05, 0) is 12.8 Å². The molecule has 0 aliphatic rings. The molecule has 0 unspecified atom stereocenters. The van der Waals surface area contributed by atoms with E-state index in [4.69, 9.17) is 0 Å². The number of aryl methyl sites for hydroxylation is 2. The second kappa shape index (κ2) is 7.29. The van der Waals surface area contributed by atoms with Crippen LogP contribution in [0, 0.1) is 0 Å². The summed E-state index contributed by atoms with van der Waals surface area (Å²) in [5, 5.41) is 3.29. The van der Waals surface area contributed by atoms with E-state index >= 15 is 0 Å². The van der Waals surface area contributed by atoms with Gasteiger partial charge in [0.1, 0.15) is 0 Å². The number of imidazole rings is 1. The van der Waals surface area contributed by atoms with Crippen LogP contribution in [0.4, 0.5) is 5.95 Å². The van der Waals surface area contributed by atoms with Crippen molar-refractivity contribution in [2.75, 3.05) is 11.9 Å². The Balaban J connectivity index is 2.49. The van der Waals surface area contributed by atoms with E-state index in [1.807, 2.05) is 4.57 Å². The minimum Gasteiger partial charge on any atom is -0.356 e. The van der Waals surface area contributed by atoms with Gasteiger partial charge in [0.05, 0.1) is 0 Å². The van der Waals surface area contributed by atoms with Crippen molar-refractivity contribution < 1.29 is 0 Å². The molecule has 0 spiro atoms. The van der Waals surface area contributed by atoms with Gasteiger partial charge in [-0.2, -0.15) is 4.98 Å². The molecule has 7 heteroatoms. The van der Waals surface area contributed by atoms with Gasteiger partial charge in [0.2, 0.25) is 5.95 Å². The number of unbranched alkanes of at least 4 members (excludes halogenated alkanes) is 3. The van der Waals surface area contributed by atoms with Crippen molar-refractivity contribution in [2.45, 2.75) is 52.5 Å². The van der Waals surface area contributed by atoms with Gasteiger partial charge >= 0.3 is 5.69 Å². The molecule has 0 aromatic carbocycles. The molecule has 0 saturated carbocycles. The number of fused-ring (bicyclic) bond motifs is 1. The number of H-pyrrole nitrogens is 1. The second-order valence-electron chi connectivity index (χ2n) is 5.56. The summed E-state index contributed by atoms with van der Waals surface area (Å²) in [4.78, 5) is 30.8. The molecule has 2 heterocycles. The highest BCUT2D eigenvalue weighted by atomic mass is 16.2. The van der Waals surface area contributed by atoms with Crippen molar-refractivity contribution in [3.8, 4) is 0 Å². The van der Waals surface area contributed by atoms with E-state index in [-0.39, 0.29) is 5.56 Å². The average molecular weight is 307 g/mol. The highest BCUT2D eigenvalue weighted by Crippen LogP contribution is 2.16. The first-order valence-electron chi connectivity index (χ1n) is 8.03. The van der Waals surface area contributed by atoms with E-state index in [2.05, 4.69) is 29.1 Å². The van der Waals surface area contributed by atoms with Gasteiger partial charge in [-0.3, -0.25) is 14.3 Å². The predicted molar refractivity (Wildman–Crippen MR) is 88.5 cm³/mol. The highest BCUT2D eigenvalue weighted by Gasteiger charge is 2.16. The molecule has 0 saturated heterocycles. The molecule has 2 rings (SSSR count). The zero-order valence-electron chi connectivity index (χ0n) is 13.6. The van der Waals surface area contributed by atoms with Gasteiger partial charge in [0, 0.05) is 20.1 Å². The lowest BCUT2D eigenvalue weighted by Gasteiger charge is -2.09. The summed E-state index contributed by atoms with van der Waals surface area (Å²) in [5.41, 5.74) is 0.0999. The Kier molecular flexibility index (Phi) is 5.41. The Morgan fingerprint density at radius 2 is 1.86 bits per heavy atom. The summed E-state index contributed by atoms with van der Waals surface area (Å²) >= 11 is 0. The van der Waals surface area contributed by atoms with E-state index in [0.29, 0.717) is 17.1 Å². The molecule has 2 aromatic heterocycles. The molecule has 0 radical (unpaired) electrons. The Hall–Kier alpha value is -2.05.